The molecule has 2 heterocycles. The van der Waals surface area contributed by atoms with E-state index in [0.717, 1.165) is 12.3 Å². The van der Waals surface area contributed by atoms with Crippen LogP contribution in [-0.2, 0) is 17.5 Å². The SMILES string of the molecule is CC(C)C[C@H](NCc1nc(-c2ccc(C(F)(F)F)nc2)ccc1F)C(N)=O. The zero-order chi connectivity index (χ0) is 20.2. The summed E-state index contributed by atoms with van der Waals surface area (Å²) in [5, 5.41) is 2.87. The molecule has 0 aliphatic carbocycles. The average molecular weight is 384 g/mol. The number of primary amides is 1. The molecule has 9 heteroatoms. The van der Waals surface area contributed by atoms with Gasteiger partial charge in [0.05, 0.1) is 17.4 Å². The minimum Gasteiger partial charge on any atom is -0.368 e. The monoisotopic (exact) mass is 384 g/mol. The topological polar surface area (TPSA) is 80.9 Å². The molecule has 0 bridgehead atoms. The lowest BCUT2D eigenvalue weighted by Gasteiger charge is -2.17. The van der Waals surface area contributed by atoms with E-state index in [2.05, 4.69) is 15.3 Å². The van der Waals surface area contributed by atoms with Gasteiger partial charge in [-0.2, -0.15) is 13.2 Å². The molecule has 0 spiro atoms. The first-order chi connectivity index (χ1) is 12.6. The third kappa shape index (κ3) is 5.72. The molecule has 0 aromatic carbocycles. The molecule has 0 aliphatic heterocycles. The Morgan fingerprint density at radius 3 is 2.44 bits per heavy atom. The van der Waals surface area contributed by atoms with Crippen LogP contribution in [-0.4, -0.2) is 21.9 Å². The van der Waals surface area contributed by atoms with Crippen LogP contribution in [0.1, 0.15) is 31.7 Å². The molecule has 1 atom stereocenters. The van der Waals surface area contributed by atoms with E-state index in [1.165, 1.54) is 18.2 Å². The first-order valence-electron chi connectivity index (χ1n) is 8.29. The number of amides is 1. The Balaban J connectivity index is 2.19. The van der Waals surface area contributed by atoms with Crippen molar-refractivity contribution in [2.75, 3.05) is 0 Å². The molecule has 2 aromatic heterocycles. The van der Waals surface area contributed by atoms with Gasteiger partial charge < -0.3 is 11.1 Å². The fourth-order valence-electron chi connectivity index (χ4n) is 2.47. The summed E-state index contributed by atoms with van der Waals surface area (Å²) in [7, 11) is 0. The van der Waals surface area contributed by atoms with Gasteiger partial charge in [0.2, 0.25) is 5.91 Å². The highest BCUT2D eigenvalue weighted by Crippen LogP contribution is 2.28. The number of alkyl halides is 3. The number of nitrogens with one attached hydrogen (secondary N) is 1. The highest BCUT2D eigenvalue weighted by molar-refractivity contribution is 5.79. The summed E-state index contributed by atoms with van der Waals surface area (Å²) in [6.07, 6.45) is -3.02. The van der Waals surface area contributed by atoms with Crippen molar-refractivity contribution in [3.05, 3.63) is 47.7 Å². The van der Waals surface area contributed by atoms with Crippen molar-refractivity contribution in [3.8, 4) is 11.3 Å². The van der Waals surface area contributed by atoms with Crippen LogP contribution >= 0.6 is 0 Å². The summed E-state index contributed by atoms with van der Waals surface area (Å²) < 4.78 is 51.8. The first-order valence-corrected chi connectivity index (χ1v) is 8.29. The van der Waals surface area contributed by atoms with E-state index in [4.69, 9.17) is 5.73 Å². The lowest BCUT2D eigenvalue weighted by atomic mass is 10.0. The summed E-state index contributed by atoms with van der Waals surface area (Å²) >= 11 is 0. The quantitative estimate of drug-likeness (QED) is 0.718. The molecule has 146 valence electrons. The van der Waals surface area contributed by atoms with E-state index in [1.807, 2.05) is 13.8 Å². The minimum absolute atomic E-state index is 0.0300. The van der Waals surface area contributed by atoms with Crippen LogP contribution in [0.2, 0.25) is 0 Å². The van der Waals surface area contributed by atoms with E-state index >= 15 is 0 Å². The number of pyridine rings is 2. The third-order valence-corrected chi connectivity index (χ3v) is 3.83. The maximum atomic E-state index is 14.0. The van der Waals surface area contributed by atoms with Crippen LogP contribution in [0.5, 0.6) is 0 Å². The lowest BCUT2D eigenvalue weighted by molar-refractivity contribution is -0.141. The highest BCUT2D eigenvalue weighted by Gasteiger charge is 2.32. The number of hydrogen-bond acceptors (Lipinski definition) is 4. The molecule has 27 heavy (non-hydrogen) atoms. The molecular formula is C18H20F4N4O. The second-order valence-corrected chi connectivity index (χ2v) is 6.52. The van der Waals surface area contributed by atoms with Crippen LogP contribution in [0.25, 0.3) is 11.3 Å². The molecule has 1 amide bonds. The molecule has 0 saturated heterocycles. The number of nitrogens with zero attached hydrogens (tertiary/aromatic N) is 2. The molecule has 0 aliphatic rings. The van der Waals surface area contributed by atoms with Crippen LogP contribution in [0.3, 0.4) is 0 Å². The van der Waals surface area contributed by atoms with Crippen LogP contribution < -0.4 is 11.1 Å². The third-order valence-electron chi connectivity index (χ3n) is 3.83. The van der Waals surface area contributed by atoms with Gasteiger partial charge in [0.25, 0.3) is 0 Å². The van der Waals surface area contributed by atoms with Crippen molar-refractivity contribution in [1.29, 1.82) is 0 Å². The zero-order valence-corrected chi connectivity index (χ0v) is 14.8. The second-order valence-electron chi connectivity index (χ2n) is 6.52. The summed E-state index contributed by atoms with van der Waals surface area (Å²) in [4.78, 5) is 19.0. The maximum absolute atomic E-state index is 14.0. The number of carbonyl (C=O) groups is 1. The Labute approximate surface area is 154 Å². The van der Waals surface area contributed by atoms with Gasteiger partial charge in [-0.25, -0.2) is 9.37 Å². The molecule has 0 radical (unpaired) electrons. The van der Waals surface area contributed by atoms with Crippen LogP contribution in [0.15, 0.2) is 30.5 Å². The fraction of sp³-hybridized carbons (Fsp3) is 0.389. The van der Waals surface area contributed by atoms with Crippen molar-refractivity contribution in [2.24, 2.45) is 11.7 Å². The Morgan fingerprint density at radius 1 is 1.22 bits per heavy atom. The standard InChI is InChI=1S/C18H20F4N4O/c1-10(2)7-14(17(23)27)24-9-15-12(19)4-5-13(26-15)11-3-6-16(25-8-11)18(20,21)22/h3-6,8,10,14,24H,7,9H2,1-2H3,(H2,23,27)/t14-/m0/s1. The highest BCUT2D eigenvalue weighted by atomic mass is 19.4. The number of aromatic nitrogens is 2. The number of carbonyl (C=O) groups excluding carboxylic acids is 1. The van der Waals surface area contributed by atoms with E-state index in [9.17, 15) is 22.4 Å². The molecule has 2 rings (SSSR count). The summed E-state index contributed by atoms with van der Waals surface area (Å²) in [6.45, 7) is 3.80. The Bertz CT molecular complexity index is 791. The molecule has 3 N–H and O–H groups in total. The van der Waals surface area contributed by atoms with E-state index in [1.54, 1.807) is 0 Å². The maximum Gasteiger partial charge on any atom is 0.433 e. The van der Waals surface area contributed by atoms with E-state index in [0.29, 0.717) is 12.0 Å². The van der Waals surface area contributed by atoms with Crippen molar-refractivity contribution in [2.45, 2.75) is 39.0 Å². The van der Waals surface area contributed by atoms with E-state index < -0.39 is 29.6 Å². The Morgan fingerprint density at radius 2 is 1.93 bits per heavy atom. The van der Waals surface area contributed by atoms with Gasteiger partial charge in [0, 0.05) is 18.3 Å². The molecule has 0 unspecified atom stereocenters. The number of hydrogen-bond donors (Lipinski definition) is 2. The van der Waals surface area contributed by atoms with Gasteiger partial charge in [0.1, 0.15) is 11.5 Å². The minimum atomic E-state index is -4.54. The van der Waals surface area contributed by atoms with Crippen LogP contribution in [0.4, 0.5) is 17.6 Å². The number of halogens is 4. The van der Waals surface area contributed by atoms with Gasteiger partial charge in [-0.1, -0.05) is 13.8 Å². The fourth-order valence-corrected chi connectivity index (χ4v) is 2.47. The lowest BCUT2D eigenvalue weighted by Crippen LogP contribution is -2.42. The van der Waals surface area contributed by atoms with Crippen molar-refractivity contribution >= 4 is 5.91 Å². The van der Waals surface area contributed by atoms with Crippen molar-refractivity contribution in [1.82, 2.24) is 15.3 Å². The first kappa shape index (κ1) is 20.8. The predicted octanol–water partition coefficient (Wildman–Crippen LogP) is 3.29. The smallest absolute Gasteiger partial charge is 0.368 e. The van der Waals surface area contributed by atoms with Gasteiger partial charge in [-0.3, -0.25) is 9.78 Å². The van der Waals surface area contributed by atoms with Gasteiger partial charge in [0.15, 0.2) is 0 Å². The summed E-state index contributed by atoms with van der Waals surface area (Å²) in [5.74, 6) is -0.941. The molecule has 0 fully saturated rings. The second kappa shape index (κ2) is 8.43. The van der Waals surface area contributed by atoms with Crippen molar-refractivity contribution < 1.29 is 22.4 Å². The van der Waals surface area contributed by atoms with Crippen LogP contribution in [0, 0.1) is 11.7 Å². The average Bonchev–Trinajstić information content (AvgIpc) is 2.58. The summed E-state index contributed by atoms with van der Waals surface area (Å²) in [6, 6.07) is 3.94. The number of rotatable bonds is 7. The Hall–Kier alpha value is -2.55. The van der Waals surface area contributed by atoms with Gasteiger partial charge in [-0.15, -0.1) is 0 Å². The zero-order valence-electron chi connectivity index (χ0n) is 14.8. The predicted molar refractivity (Wildman–Crippen MR) is 91.7 cm³/mol. The van der Waals surface area contributed by atoms with Gasteiger partial charge >= 0.3 is 6.18 Å². The largest absolute Gasteiger partial charge is 0.433 e. The van der Waals surface area contributed by atoms with Crippen molar-refractivity contribution in [3.63, 3.8) is 0 Å². The molecule has 5 nitrogen and oxygen atoms in total. The normalized spacial score (nSPS) is 13.0. The summed E-state index contributed by atoms with van der Waals surface area (Å²) in [5.41, 5.74) is 4.94. The Kier molecular flexibility index (Phi) is 6.48. The molecule has 0 saturated carbocycles. The molecular weight excluding hydrogens is 364 g/mol. The van der Waals surface area contributed by atoms with Gasteiger partial charge in [-0.05, 0) is 36.6 Å². The number of nitrogens with two attached hydrogens (primary N) is 1. The van der Waals surface area contributed by atoms with E-state index in [-0.39, 0.29) is 23.9 Å². The molecule has 2 aromatic rings.